The van der Waals surface area contributed by atoms with Crippen molar-refractivity contribution in [2.45, 2.75) is 24.8 Å². The van der Waals surface area contributed by atoms with E-state index in [1.54, 1.807) is 12.3 Å². The van der Waals surface area contributed by atoms with Crippen molar-refractivity contribution >= 4 is 23.1 Å². The molecule has 0 spiro atoms. The summed E-state index contributed by atoms with van der Waals surface area (Å²) in [6.07, 6.45) is 5.35. The summed E-state index contributed by atoms with van der Waals surface area (Å²) in [5.41, 5.74) is 6.72. The zero-order valence-corrected chi connectivity index (χ0v) is 11.1. The van der Waals surface area contributed by atoms with Gasteiger partial charge in [0.1, 0.15) is 5.82 Å². The number of likely N-dealkylation sites (N-methyl/N-ethyl adjacent to an activating group) is 1. The molecule has 1 aromatic heterocycles. The molecular formula is C12H19ClN4. The number of nitrogens with two attached hydrogens (primary N) is 1. The molecule has 0 atom stereocenters. The summed E-state index contributed by atoms with van der Waals surface area (Å²) in [6, 6.07) is 1.72. The summed E-state index contributed by atoms with van der Waals surface area (Å²) in [5, 5.41) is 3.90. The molecule has 0 radical (unpaired) electrons. The number of anilines is 2. The number of aromatic nitrogens is 1. The first kappa shape index (κ1) is 12.5. The molecule has 0 saturated heterocycles. The van der Waals surface area contributed by atoms with E-state index in [1.165, 1.54) is 19.3 Å². The van der Waals surface area contributed by atoms with Gasteiger partial charge in [0.25, 0.3) is 0 Å². The minimum atomic E-state index is 0.258. The van der Waals surface area contributed by atoms with Crippen LogP contribution in [-0.4, -0.2) is 36.1 Å². The van der Waals surface area contributed by atoms with Crippen molar-refractivity contribution < 1.29 is 0 Å². The molecule has 1 saturated carbocycles. The van der Waals surface area contributed by atoms with Gasteiger partial charge in [0.2, 0.25) is 0 Å². The van der Waals surface area contributed by atoms with E-state index in [9.17, 15) is 0 Å². The van der Waals surface area contributed by atoms with Crippen LogP contribution < -0.4 is 11.1 Å². The summed E-state index contributed by atoms with van der Waals surface area (Å²) in [7, 11) is 4.25. The van der Waals surface area contributed by atoms with E-state index in [0.717, 1.165) is 12.4 Å². The zero-order valence-electron chi connectivity index (χ0n) is 10.3. The monoisotopic (exact) mass is 254 g/mol. The fourth-order valence-corrected chi connectivity index (χ4v) is 2.38. The van der Waals surface area contributed by atoms with E-state index in [1.807, 2.05) is 0 Å². The van der Waals surface area contributed by atoms with Crippen molar-refractivity contribution in [3.05, 3.63) is 17.3 Å². The third kappa shape index (κ3) is 2.48. The van der Waals surface area contributed by atoms with Crippen LogP contribution >= 0.6 is 11.6 Å². The van der Waals surface area contributed by atoms with Crippen LogP contribution in [0.4, 0.5) is 11.5 Å². The number of pyridine rings is 1. The van der Waals surface area contributed by atoms with Gasteiger partial charge in [0, 0.05) is 18.3 Å². The van der Waals surface area contributed by atoms with E-state index in [-0.39, 0.29) is 5.54 Å². The Labute approximate surface area is 107 Å². The molecule has 17 heavy (non-hydrogen) atoms. The molecule has 0 aliphatic heterocycles. The maximum Gasteiger partial charge on any atom is 0.149 e. The molecule has 0 aromatic carbocycles. The molecule has 1 aromatic rings. The second-order valence-electron chi connectivity index (χ2n) is 4.92. The van der Waals surface area contributed by atoms with Gasteiger partial charge in [-0.05, 0) is 39.4 Å². The van der Waals surface area contributed by atoms with Gasteiger partial charge >= 0.3 is 0 Å². The fraction of sp³-hybridized carbons (Fsp3) is 0.583. The highest BCUT2D eigenvalue weighted by Crippen LogP contribution is 2.36. The van der Waals surface area contributed by atoms with Crippen LogP contribution in [0.2, 0.25) is 5.02 Å². The van der Waals surface area contributed by atoms with Crippen LogP contribution in [0, 0.1) is 0 Å². The van der Waals surface area contributed by atoms with E-state index in [2.05, 4.69) is 29.3 Å². The Morgan fingerprint density at radius 2 is 2.24 bits per heavy atom. The number of rotatable bonds is 4. The topological polar surface area (TPSA) is 54.2 Å². The van der Waals surface area contributed by atoms with Gasteiger partial charge in [-0.2, -0.15) is 0 Å². The van der Waals surface area contributed by atoms with Crippen LogP contribution in [0.1, 0.15) is 19.3 Å². The number of hydrogen-bond acceptors (Lipinski definition) is 4. The smallest absolute Gasteiger partial charge is 0.149 e. The quantitative estimate of drug-likeness (QED) is 0.865. The standard InChI is InChI=1S/C12H19ClN4/c1-17(2)12(4-3-5-12)8-16-11-10(14)6-9(13)7-15-11/h6-7H,3-5,8,14H2,1-2H3,(H,15,16). The van der Waals surface area contributed by atoms with E-state index < -0.39 is 0 Å². The lowest BCUT2D eigenvalue weighted by Gasteiger charge is -2.47. The van der Waals surface area contributed by atoms with Crippen molar-refractivity contribution in [1.82, 2.24) is 9.88 Å². The third-order valence-corrected chi connectivity index (χ3v) is 3.91. The molecule has 0 bridgehead atoms. The average Bonchev–Trinajstić information content (AvgIpc) is 2.18. The van der Waals surface area contributed by atoms with Crippen molar-refractivity contribution in [3.8, 4) is 0 Å². The van der Waals surface area contributed by atoms with Crippen LogP contribution in [0.3, 0.4) is 0 Å². The van der Waals surface area contributed by atoms with Crippen molar-refractivity contribution in [2.24, 2.45) is 0 Å². The first-order valence-electron chi connectivity index (χ1n) is 5.86. The molecule has 1 fully saturated rings. The molecule has 5 heteroatoms. The molecule has 0 amide bonds. The van der Waals surface area contributed by atoms with Gasteiger partial charge in [0.15, 0.2) is 0 Å². The third-order valence-electron chi connectivity index (χ3n) is 3.70. The first-order chi connectivity index (χ1) is 8.03. The molecule has 1 heterocycles. The highest BCUT2D eigenvalue weighted by Gasteiger charge is 2.38. The summed E-state index contributed by atoms with van der Waals surface area (Å²) >= 11 is 5.82. The van der Waals surface area contributed by atoms with Crippen LogP contribution in [0.5, 0.6) is 0 Å². The molecule has 4 nitrogen and oxygen atoms in total. The summed E-state index contributed by atoms with van der Waals surface area (Å²) in [5.74, 6) is 0.725. The lowest BCUT2D eigenvalue weighted by molar-refractivity contribution is 0.0738. The number of hydrogen-bond donors (Lipinski definition) is 2. The molecule has 2 rings (SSSR count). The maximum absolute atomic E-state index is 5.86. The van der Waals surface area contributed by atoms with Gasteiger partial charge < -0.3 is 16.0 Å². The zero-order chi connectivity index (χ0) is 12.5. The van der Waals surface area contributed by atoms with Gasteiger partial charge in [-0.3, -0.25) is 0 Å². The lowest BCUT2D eigenvalue weighted by Crippen LogP contribution is -2.54. The fourth-order valence-electron chi connectivity index (χ4n) is 2.22. The Balaban J connectivity index is 2.02. The molecule has 1 aliphatic rings. The highest BCUT2D eigenvalue weighted by molar-refractivity contribution is 6.30. The minimum absolute atomic E-state index is 0.258. The van der Waals surface area contributed by atoms with E-state index in [0.29, 0.717) is 10.7 Å². The Morgan fingerprint density at radius 3 is 2.71 bits per heavy atom. The molecule has 0 unspecified atom stereocenters. The van der Waals surface area contributed by atoms with E-state index >= 15 is 0 Å². The normalized spacial score (nSPS) is 17.9. The minimum Gasteiger partial charge on any atom is -0.396 e. The first-order valence-corrected chi connectivity index (χ1v) is 6.24. The van der Waals surface area contributed by atoms with Crippen LogP contribution in [0.25, 0.3) is 0 Å². The molecular weight excluding hydrogens is 236 g/mol. The number of halogens is 1. The summed E-state index contributed by atoms with van der Waals surface area (Å²) in [4.78, 5) is 6.50. The summed E-state index contributed by atoms with van der Waals surface area (Å²) < 4.78 is 0. The predicted molar refractivity (Wildman–Crippen MR) is 72.4 cm³/mol. The predicted octanol–water partition coefficient (Wildman–Crippen LogP) is 2.21. The lowest BCUT2D eigenvalue weighted by atomic mass is 9.75. The van der Waals surface area contributed by atoms with Crippen LogP contribution in [-0.2, 0) is 0 Å². The Hall–Kier alpha value is -1.00. The number of nitrogen functional groups attached to an aromatic ring is 1. The summed E-state index contributed by atoms with van der Waals surface area (Å²) in [6.45, 7) is 0.874. The number of nitrogens with one attached hydrogen (secondary N) is 1. The Morgan fingerprint density at radius 1 is 1.53 bits per heavy atom. The molecule has 94 valence electrons. The maximum atomic E-state index is 5.86. The Bertz CT molecular complexity index is 401. The second kappa shape index (κ2) is 4.70. The Kier molecular flexibility index (Phi) is 3.45. The highest BCUT2D eigenvalue weighted by atomic mass is 35.5. The molecule has 1 aliphatic carbocycles. The van der Waals surface area contributed by atoms with Crippen molar-refractivity contribution in [2.75, 3.05) is 31.7 Å². The average molecular weight is 255 g/mol. The SMILES string of the molecule is CN(C)C1(CNc2ncc(Cl)cc2N)CCC1. The van der Waals surface area contributed by atoms with Gasteiger partial charge in [0.05, 0.1) is 10.7 Å². The molecule has 3 N–H and O–H groups in total. The largest absolute Gasteiger partial charge is 0.396 e. The number of nitrogens with zero attached hydrogens (tertiary/aromatic N) is 2. The van der Waals surface area contributed by atoms with Crippen molar-refractivity contribution in [3.63, 3.8) is 0 Å². The van der Waals surface area contributed by atoms with Crippen LogP contribution in [0.15, 0.2) is 12.3 Å². The second-order valence-corrected chi connectivity index (χ2v) is 5.35. The van der Waals surface area contributed by atoms with E-state index in [4.69, 9.17) is 17.3 Å². The van der Waals surface area contributed by atoms with Crippen molar-refractivity contribution in [1.29, 1.82) is 0 Å². The van der Waals surface area contributed by atoms with Gasteiger partial charge in [-0.15, -0.1) is 0 Å². The van der Waals surface area contributed by atoms with Gasteiger partial charge in [-0.25, -0.2) is 4.98 Å². The van der Waals surface area contributed by atoms with Gasteiger partial charge in [-0.1, -0.05) is 11.6 Å².